The summed E-state index contributed by atoms with van der Waals surface area (Å²) in [6.45, 7) is 0. The molecule has 1 saturated carbocycles. The van der Waals surface area contributed by atoms with E-state index in [4.69, 9.17) is 0 Å². The van der Waals surface area contributed by atoms with Crippen molar-refractivity contribution in [3.8, 4) is 11.1 Å². The van der Waals surface area contributed by atoms with Gasteiger partial charge in [-0.15, -0.1) is 0 Å². The highest BCUT2D eigenvalue weighted by molar-refractivity contribution is 5.92. The Labute approximate surface area is 132 Å². The van der Waals surface area contributed by atoms with Gasteiger partial charge in [-0.25, -0.2) is 19.9 Å². The predicted molar refractivity (Wildman–Crippen MR) is 86.9 cm³/mol. The van der Waals surface area contributed by atoms with Crippen molar-refractivity contribution in [1.82, 2.24) is 29.3 Å². The number of hydrogen-bond donors (Lipinski definition) is 1. The van der Waals surface area contributed by atoms with E-state index in [9.17, 15) is 0 Å². The third-order valence-corrected chi connectivity index (χ3v) is 4.73. The molecule has 0 atom stereocenters. The van der Waals surface area contributed by atoms with Gasteiger partial charge in [0.2, 0.25) is 5.78 Å². The van der Waals surface area contributed by atoms with Crippen LogP contribution in [0.15, 0.2) is 37.2 Å². The minimum Gasteiger partial charge on any atom is -0.345 e. The van der Waals surface area contributed by atoms with Gasteiger partial charge in [0.05, 0.1) is 0 Å². The monoisotopic (exact) mass is 304 g/mol. The van der Waals surface area contributed by atoms with Crippen molar-refractivity contribution in [1.29, 1.82) is 0 Å². The maximum absolute atomic E-state index is 4.69. The number of aromatic nitrogens is 6. The van der Waals surface area contributed by atoms with Crippen molar-refractivity contribution in [3.05, 3.63) is 43.0 Å². The van der Waals surface area contributed by atoms with E-state index in [1.807, 2.05) is 35.4 Å². The largest absolute Gasteiger partial charge is 0.345 e. The van der Waals surface area contributed by atoms with Crippen LogP contribution < -0.4 is 0 Å². The van der Waals surface area contributed by atoms with Gasteiger partial charge < -0.3 is 4.98 Å². The second-order valence-electron chi connectivity index (χ2n) is 6.23. The molecule has 114 valence electrons. The predicted octanol–water partition coefficient (Wildman–Crippen LogP) is 3.01. The normalized spacial score (nSPS) is 15.3. The van der Waals surface area contributed by atoms with Crippen LogP contribution in [0, 0.1) is 5.92 Å². The van der Waals surface area contributed by atoms with Crippen LogP contribution in [-0.4, -0.2) is 29.3 Å². The summed E-state index contributed by atoms with van der Waals surface area (Å²) in [6, 6.07) is 0. The van der Waals surface area contributed by atoms with E-state index < -0.39 is 0 Å². The Morgan fingerprint density at radius 1 is 1.17 bits per heavy atom. The first-order chi connectivity index (χ1) is 11.4. The number of rotatable bonds is 3. The molecular weight excluding hydrogens is 288 g/mol. The first-order valence-electron chi connectivity index (χ1n) is 7.99. The molecule has 23 heavy (non-hydrogen) atoms. The van der Waals surface area contributed by atoms with Gasteiger partial charge in [0.25, 0.3) is 0 Å². The van der Waals surface area contributed by atoms with E-state index in [-0.39, 0.29) is 0 Å². The van der Waals surface area contributed by atoms with Crippen LogP contribution in [0.1, 0.15) is 25.1 Å². The fourth-order valence-electron chi connectivity index (χ4n) is 3.19. The Morgan fingerprint density at radius 3 is 3.00 bits per heavy atom. The Kier molecular flexibility index (Phi) is 2.70. The molecule has 6 heteroatoms. The molecule has 0 aliphatic heterocycles. The third-order valence-electron chi connectivity index (χ3n) is 4.73. The summed E-state index contributed by atoms with van der Waals surface area (Å²) < 4.78 is 1.92. The molecule has 1 aliphatic rings. The summed E-state index contributed by atoms with van der Waals surface area (Å²) in [5.74, 6) is 2.42. The van der Waals surface area contributed by atoms with E-state index in [0.717, 1.165) is 40.3 Å². The first-order valence-corrected chi connectivity index (χ1v) is 7.99. The topological polar surface area (TPSA) is 71.8 Å². The number of fused-ring (bicyclic) bond motifs is 2. The molecule has 4 aromatic heterocycles. The van der Waals surface area contributed by atoms with Gasteiger partial charge >= 0.3 is 0 Å². The lowest BCUT2D eigenvalue weighted by Crippen LogP contribution is -2.15. The summed E-state index contributed by atoms with van der Waals surface area (Å²) in [6.07, 6.45) is 16.4. The molecule has 1 N–H and O–H groups in total. The highest BCUT2D eigenvalue weighted by Gasteiger charge is 2.19. The Balaban J connectivity index is 1.55. The summed E-state index contributed by atoms with van der Waals surface area (Å²) in [5, 5.41) is 1.03. The van der Waals surface area contributed by atoms with Crippen molar-refractivity contribution in [2.75, 3.05) is 0 Å². The average Bonchev–Trinajstić information content (AvgIpc) is 3.16. The minimum absolute atomic E-state index is 0.702. The summed E-state index contributed by atoms with van der Waals surface area (Å²) >= 11 is 0. The molecule has 0 radical (unpaired) electrons. The smallest absolute Gasteiger partial charge is 0.233 e. The van der Waals surface area contributed by atoms with E-state index in [1.54, 1.807) is 6.20 Å². The second-order valence-corrected chi connectivity index (χ2v) is 6.23. The molecule has 1 aliphatic carbocycles. The maximum Gasteiger partial charge on any atom is 0.233 e. The van der Waals surface area contributed by atoms with Gasteiger partial charge in [0.1, 0.15) is 11.5 Å². The van der Waals surface area contributed by atoms with Gasteiger partial charge in [-0.3, -0.25) is 4.40 Å². The number of imidazole rings is 1. The molecule has 0 spiro atoms. The fourth-order valence-corrected chi connectivity index (χ4v) is 3.19. The molecule has 6 nitrogen and oxygen atoms in total. The Hall–Kier alpha value is -2.76. The molecule has 5 rings (SSSR count). The summed E-state index contributed by atoms with van der Waals surface area (Å²) in [7, 11) is 0. The molecule has 0 unspecified atom stereocenters. The lowest BCUT2D eigenvalue weighted by Gasteiger charge is -2.24. The van der Waals surface area contributed by atoms with Crippen LogP contribution >= 0.6 is 0 Å². The highest BCUT2D eigenvalue weighted by atomic mass is 15.1. The van der Waals surface area contributed by atoms with Crippen molar-refractivity contribution < 1.29 is 0 Å². The average molecular weight is 304 g/mol. The number of hydrogen-bond acceptors (Lipinski definition) is 4. The van der Waals surface area contributed by atoms with E-state index in [0.29, 0.717) is 5.78 Å². The van der Waals surface area contributed by atoms with Crippen LogP contribution in [0.4, 0.5) is 0 Å². The second kappa shape index (κ2) is 4.87. The van der Waals surface area contributed by atoms with Crippen molar-refractivity contribution in [2.24, 2.45) is 5.92 Å². The minimum atomic E-state index is 0.702. The molecule has 0 aromatic carbocycles. The van der Waals surface area contributed by atoms with Crippen LogP contribution in [-0.2, 0) is 6.42 Å². The summed E-state index contributed by atoms with van der Waals surface area (Å²) in [5.41, 5.74) is 2.99. The van der Waals surface area contributed by atoms with Crippen LogP contribution in [0.3, 0.4) is 0 Å². The van der Waals surface area contributed by atoms with Gasteiger partial charge in [-0.1, -0.05) is 19.3 Å². The van der Waals surface area contributed by atoms with Gasteiger partial charge in [0, 0.05) is 60.1 Å². The Morgan fingerprint density at radius 2 is 2.13 bits per heavy atom. The van der Waals surface area contributed by atoms with E-state index in [2.05, 4.69) is 24.9 Å². The number of aromatic amines is 1. The SMILES string of the molecule is c1cn2cc(-c3c[nH]c4nc(CC5CCC5)ncc34)cnc2n1. The molecule has 0 saturated heterocycles. The van der Waals surface area contributed by atoms with E-state index >= 15 is 0 Å². The van der Waals surface area contributed by atoms with Crippen molar-refractivity contribution in [2.45, 2.75) is 25.7 Å². The van der Waals surface area contributed by atoms with E-state index in [1.165, 1.54) is 19.3 Å². The van der Waals surface area contributed by atoms with Crippen LogP contribution in [0.5, 0.6) is 0 Å². The zero-order chi connectivity index (χ0) is 15.2. The summed E-state index contributed by atoms with van der Waals surface area (Å²) in [4.78, 5) is 21.1. The number of H-pyrrole nitrogens is 1. The quantitative estimate of drug-likeness (QED) is 0.631. The van der Waals surface area contributed by atoms with Crippen LogP contribution in [0.25, 0.3) is 27.9 Å². The lowest BCUT2D eigenvalue weighted by molar-refractivity contribution is 0.309. The van der Waals surface area contributed by atoms with Crippen LogP contribution in [0.2, 0.25) is 0 Å². The molecule has 0 bridgehead atoms. The molecule has 4 heterocycles. The third kappa shape index (κ3) is 2.10. The van der Waals surface area contributed by atoms with Gasteiger partial charge in [0.15, 0.2) is 0 Å². The lowest BCUT2D eigenvalue weighted by atomic mass is 9.83. The van der Waals surface area contributed by atoms with Gasteiger partial charge in [-0.2, -0.15) is 0 Å². The molecular formula is C17H16N6. The Bertz CT molecular complexity index is 995. The highest BCUT2D eigenvalue weighted by Crippen LogP contribution is 2.30. The molecule has 0 amide bonds. The standard InChI is InChI=1S/C17H16N6/c1-2-11(3-1)6-15-19-9-14-13(8-20-16(14)22-15)12-7-21-17-18-4-5-23(17)10-12/h4-5,7-11H,1-3,6H2,(H,19,20,22). The van der Waals surface area contributed by atoms with Crippen molar-refractivity contribution >= 4 is 16.8 Å². The zero-order valence-electron chi connectivity index (χ0n) is 12.6. The molecule has 4 aromatic rings. The van der Waals surface area contributed by atoms with Crippen molar-refractivity contribution in [3.63, 3.8) is 0 Å². The number of nitrogens with one attached hydrogen (secondary N) is 1. The zero-order valence-corrected chi connectivity index (χ0v) is 12.6. The first kappa shape index (κ1) is 12.8. The fraction of sp³-hybridized carbons (Fsp3) is 0.294. The maximum atomic E-state index is 4.69. The van der Waals surface area contributed by atoms with Gasteiger partial charge in [-0.05, 0) is 5.92 Å². The molecule has 1 fully saturated rings. The number of nitrogens with zero attached hydrogens (tertiary/aromatic N) is 5.